The van der Waals surface area contributed by atoms with Gasteiger partial charge < -0.3 is 5.11 Å². The van der Waals surface area contributed by atoms with Crippen molar-refractivity contribution < 1.29 is 5.11 Å². The van der Waals surface area contributed by atoms with Crippen LogP contribution in [-0.2, 0) is 5.41 Å². The van der Waals surface area contributed by atoms with Gasteiger partial charge in [0.2, 0.25) is 0 Å². The van der Waals surface area contributed by atoms with Gasteiger partial charge in [0.05, 0.1) is 0 Å². The van der Waals surface area contributed by atoms with Crippen molar-refractivity contribution in [3.63, 3.8) is 0 Å². The molecule has 0 bridgehead atoms. The summed E-state index contributed by atoms with van der Waals surface area (Å²) in [4.78, 5) is 1.44. The maximum absolute atomic E-state index is 10.6. The third-order valence-corrected chi connectivity index (χ3v) is 3.50. The highest BCUT2D eigenvalue weighted by atomic mass is 32.1. The first-order valence-electron chi connectivity index (χ1n) is 7.03. The van der Waals surface area contributed by atoms with Gasteiger partial charge in [-0.2, -0.15) is 12.6 Å². The minimum Gasteiger partial charge on any atom is -0.505 e. The van der Waals surface area contributed by atoms with Crippen LogP contribution in [0, 0.1) is 6.92 Å². The summed E-state index contributed by atoms with van der Waals surface area (Å²) in [5, 5.41) is 21.0. The fourth-order valence-electron chi connectivity index (χ4n) is 2.26. The lowest BCUT2D eigenvalue weighted by atomic mass is 9.85. The summed E-state index contributed by atoms with van der Waals surface area (Å²) in [5.74, 6) is 0.199. The van der Waals surface area contributed by atoms with Gasteiger partial charge in [-0.1, -0.05) is 33.4 Å². The van der Waals surface area contributed by atoms with Gasteiger partial charge in [-0.25, -0.2) is 0 Å². The van der Waals surface area contributed by atoms with Crippen molar-refractivity contribution in [1.29, 1.82) is 0 Å². The second-order valence-electron chi connectivity index (χ2n) is 6.21. The SMILES string of the molecule is C=Cc1nn(-c2cc(C)cc(C(C)(C)C)c2O)nc1/C=C/S. The van der Waals surface area contributed by atoms with Crippen molar-refractivity contribution in [2.45, 2.75) is 33.1 Å². The molecule has 22 heavy (non-hydrogen) atoms. The molecule has 4 nitrogen and oxygen atoms in total. The molecule has 0 aliphatic rings. The van der Waals surface area contributed by atoms with E-state index in [-0.39, 0.29) is 11.2 Å². The van der Waals surface area contributed by atoms with E-state index in [4.69, 9.17) is 0 Å². The average Bonchev–Trinajstić information content (AvgIpc) is 2.83. The number of benzene rings is 1. The number of thiol groups is 1. The molecule has 0 unspecified atom stereocenters. The smallest absolute Gasteiger partial charge is 0.146 e. The maximum atomic E-state index is 10.6. The molecular formula is C17H21N3OS. The summed E-state index contributed by atoms with van der Waals surface area (Å²) in [5.41, 5.74) is 3.60. The largest absolute Gasteiger partial charge is 0.505 e. The van der Waals surface area contributed by atoms with Crippen molar-refractivity contribution in [1.82, 2.24) is 15.0 Å². The summed E-state index contributed by atoms with van der Waals surface area (Å²) < 4.78 is 0. The summed E-state index contributed by atoms with van der Waals surface area (Å²) in [6.07, 6.45) is 3.37. The molecule has 0 aliphatic carbocycles. The first kappa shape index (κ1) is 16.4. The van der Waals surface area contributed by atoms with E-state index in [9.17, 15) is 5.11 Å². The molecule has 0 amide bonds. The Bertz CT molecular complexity index is 739. The van der Waals surface area contributed by atoms with Gasteiger partial charge in [0.1, 0.15) is 22.8 Å². The molecule has 0 atom stereocenters. The van der Waals surface area contributed by atoms with Crippen LogP contribution in [0.4, 0.5) is 0 Å². The van der Waals surface area contributed by atoms with Gasteiger partial charge in [-0.05, 0) is 41.5 Å². The van der Waals surface area contributed by atoms with Crippen molar-refractivity contribution in [3.05, 3.63) is 46.6 Å². The molecule has 0 saturated heterocycles. The zero-order chi connectivity index (χ0) is 16.5. The number of nitrogens with zero attached hydrogens (tertiary/aromatic N) is 3. The van der Waals surface area contributed by atoms with Gasteiger partial charge in [0.25, 0.3) is 0 Å². The zero-order valence-corrected chi connectivity index (χ0v) is 14.2. The topological polar surface area (TPSA) is 50.9 Å². The predicted octanol–water partition coefficient (Wildman–Crippen LogP) is 4.12. The summed E-state index contributed by atoms with van der Waals surface area (Å²) in [6, 6.07) is 3.86. The Kier molecular flexibility index (Phi) is 4.47. The molecule has 2 aromatic rings. The Morgan fingerprint density at radius 1 is 1.23 bits per heavy atom. The fourth-order valence-corrected chi connectivity index (χ4v) is 2.40. The van der Waals surface area contributed by atoms with E-state index in [0.29, 0.717) is 17.1 Å². The number of rotatable bonds is 3. The molecule has 1 heterocycles. The summed E-state index contributed by atoms with van der Waals surface area (Å²) in [6.45, 7) is 11.9. The number of phenolic OH excluding ortho intramolecular Hbond substituents is 1. The van der Waals surface area contributed by atoms with E-state index in [1.54, 1.807) is 17.6 Å². The molecule has 0 spiro atoms. The van der Waals surface area contributed by atoms with Crippen LogP contribution in [-0.4, -0.2) is 20.1 Å². The standard InChI is InChI=1S/C17H21N3OS/c1-6-13-14(7-8-22)19-20(18-13)15-10-11(2)9-12(16(15)21)17(3,4)5/h6-10,21-22H,1H2,2-5H3/b8-7+. The highest BCUT2D eigenvalue weighted by Crippen LogP contribution is 2.35. The van der Waals surface area contributed by atoms with Gasteiger partial charge in [0.15, 0.2) is 0 Å². The minimum absolute atomic E-state index is 0.174. The maximum Gasteiger partial charge on any atom is 0.146 e. The lowest BCUT2D eigenvalue weighted by molar-refractivity contribution is 0.440. The van der Waals surface area contributed by atoms with Crippen LogP contribution >= 0.6 is 12.6 Å². The number of aromatic hydroxyl groups is 1. The highest BCUT2D eigenvalue weighted by molar-refractivity contribution is 7.83. The first-order chi connectivity index (χ1) is 10.3. The summed E-state index contributed by atoms with van der Waals surface area (Å²) >= 11 is 4.06. The molecule has 1 aromatic carbocycles. The number of aromatic nitrogens is 3. The van der Waals surface area contributed by atoms with E-state index in [1.807, 2.05) is 19.1 Å². The van der Waals surface area contributed by atoms with Crippen molar-refractivity contribution in [2.75, 3.05) is 0 Å². The van der Waals surface area contributed by atoms with Crippen LogP contribution in [0.1, 0.15) is 43.3 Å². The minimum atomic E-state index is -0.174. The van der Waals surface area contributed by atoms with Crippen molar-refractivity contribution in [2.24, 2.45) is 0 Å². The Balaban J connectivity index is 2.68. The Morgan fingerprint density at radius 3 is 2.41 bits per heavy atom. The van der Waals surface area contributed by atoms with E-state index in [0.717, 1.165) is 11.1 Å². The average molecular weight is 315 g/mol. The molecular weight excluding hydrogens is 294 g/mol. The Morgan fingerprint density at radius 2 is 1.86 bits per heavy atom. The van der Waals surface area contributed by atoms with Gasteiger partial charge >= 0.3 is 0 Å². The lowest BCUT2D eigenvalue weighted by Gasteiger charge is -2.22. The number of hydrogen-bond acceptors (Lipinski definition) is 4. The van der Waals surface area contributed by atoms with Gasteiger partial charge in [-0.15, -0.1) is 15.0 Å². The molecule has 116 valence electrons. The fraction of sp³-hybridized carbons (Fsp3) is 0.294. The Labute approximate surface area is 136 Å². The molecule has 1 aromatic heterocycles. The van der Waals surface area contributed by atoms with Crippen LogP contribution in [0.3, 0.4) is 0 Å². The monoisotopic (exact) mass is 315 g/mol. The molecule has 0 radical (unpaired) electrons. The molecule has 0 fully saturated rings. The first-order valence-corrected chi connectivity index (χ1v) is 7.54. The third-order valence-electron chi connectivity index (χ3n) is 3.35. The molecule has 5 heteroatoms. The lowest BCUT2D eigenvalue weighted by Crippen LogP contribution is -2.13. The van der Waals surface area contributed by atoms with Crippen LogP contribution in [0.2, 0.25) is 0 Å². The molecule has 0 aliphatic heterocycles. The summed E-state index contributed by atoms with van der Waals surface area (Å²) in [7, 11) is 0. The number of phenols is 1. The molecule has 2 rings (SSSR count). The van der Waals surface area contributed by atoms with E-state index in [2.05, 4.69) is 50.2 Å². The van der Waals surface area contributed by atoms with Crippen LogP contribution in [0.25, 0.3) is 17.8 Å². The van der Waals surface area contributed by atoms with Crippen molar-refractivity contribution in [3.8, 4) is 11.4 Å². The molecule has 0 saturated carbocycles. The second-order valence-corrected chi connectivity index (χ2v) is 6.51. The van der Waals surface area contributed by atoms with Crippen LogP contribution in [0.5, 0.6) is 5.75 Å². The number of aryl methyl sites for hydroxylation is 1. The van der Waals surface area contributed by atoms with E-state index >= 15 is 0 Å². The van der Waals surface area contributed by atoms with Gasteiger partial charge in [-0.3, -0.25) is 0 Å². The normalized spacial score (nSPS) is 12.0. The zero-order valence-electron chi connectivity index (χ0n) is 13.3. The number of hydrogen-bond donors (Lipinski definition) is 2. The quantitative estimate of drug-likeness (QED) is 0.838. The highest BCUT2D eigenvalue weighted by Gasteiger charge is 2.22. The second kappa shape index (κ2) is 6.01. The predicted molar refractivity (Wildman–Crippen MR) is 94.6 cm³/mol. The third kappa shape index (κ3) is 3.09. The molecule has 1 N–H and O–H groups in total. The van der Waals surface area contributed by atoms with E-state index < -0.39 is 0 Å². The van der Waals surface area contributed by atoms with Gasteiger partial charge in [0, 0.05) is 5.56 Å². The van der Waals surface area contributed by atoms with Crippen molar-refractivity contribution >= 4 is 24.8 Å². The Hall–Kier alpha value is -2.01. The van der Waals surface area contributed by atoms with Crippen LogP contribution in [0.15, 0.2) is 24.1 Å². The van der Waals surface area contributed by atoms with E-state index in [1.165, 1.54) is 4.80 Å². The van der Waals surface area contributed by atoms with Crippen LogP contribution < -0.4 is 0 Å².